The highest BCUT2D eigenvalue weighted by molar-refractivity contribution is 5.50. The molecule has 23 heavy (non-hydrogen) atoms. The highest BCUT2D eigenvalue weighted by Crippen LogP contribution is 2.32. The van der Waals surface area contributed by atoms with Crippen molar-refractivity contribution in [3.05, 3.63) is 39.6 Å². The van der Waals surface area contributed by atoms with Crippen LogP contribution >= 0.6 is 0 Å². The number of aliphatic hydroxyl groups is 1. The normalized spacial score (nSPS) is 12.2. The Morgan fingerprint density at radius 1 is 1.52 bits per heavy atom. The van der Waals surface area contributed by atoms with E-state index >= 15 is 0 Å². The summed E-state index contributed by atoms with van der Waals surface area (Å²) in [5, 5.41) is 23.7. The van der Waals surface area contributed by atoms with Crippen LogP contribution in [0.2, 0.25) is 0 Å². The van der Waals surface area contributed by atoms with Crippen molar-refractivity contribution in [2.45, 2.75) is 20.0 Å². The van der Waals surface area contributed by atoms with E-state index in [0.717, 1.165) is 16.9 Å². The molecule has 124 valence electrons. The lowest BCUT2D eigenvalue weighted by atomic mass is 10.3. The number of aromatic nitrogens is 3. The second-order valence-corrected chi connectivity index (χ2v) is 4.76. The van der Waals surface area contributed by atoms with Crippen LogP contribution in [0.3, 0.4) is 0 Å². The Bertz CT molecular complexity index is 735. The van der Waals surface area contributed by atoms with Gasteiger partial charge in [0.05, 0.1) is 29.1 Å². The molecule has 0 amide bonds. The second kappa shape index (κ2) is 6.65. The zero-order valence-corrected chi connectivity index (χ0v) is 12.4. The van der Waals surface area contributed by atoms with Gasteiger partial charge in [0.15, 0.2) is 6.17 Å². The van der Waals surface area contributed by atoms with Crippen molar-refractivity contribution in [1.29, 1.82) is 0 Å². The quantitative estimate of drug-likeness (QED) is 0.639. The third-order valence-corrected chi connectivity index (χ3v) is 3.09. The average molecular weight is 328 g/mol. The summed E-state index contributed by atoms with van der Waals surface area (Å²) >= 11 is 0. The molecule has 8 nitrogen and oxygen atoms in total. The van der Waals surface area contributed by atoms with E-state index in [2.05, 4.69) is 10.1 Å². The first-order valence-electron chi connectivity index (χ1n) is 6.59. The minimum absolute atomic E-state index is 0.0832. The van der Waals surface area contributed by atoms with Gasteiger partial charge >= 0.3 is 11.6 Å². The summed E-state index contributed by atoms with van der Waals surface area (Å²) in [4.78, 5) is 14.3. The minimum atomic E-state index is -1.70. The molecule has 0 aromatic carbocycles. The zero-order chi connectivity index (χ0) is 17.1. The summed E-state index contributed by atoms with van der Waals surface area (Å²) in [5.41, 5.74) is 0.232. The van der Waals surface area contributed by atoms with Crippen molar-refractivity contribution in [2.24, 2.45) is 0 Å². The van der Waals surface area contributed by atoms with Gasteiger partial charge in [-0.05, 0) is 13.8 Å². The summed E-state index contributed by atoms with van der Waals surface area (Å²) in [6, 6.07) is 1.13. The number of aryl methyl sites for hydroxylation is 1. The molecule has 0 spiro atoms. The Morgan fingerprint density at radius 2 is 2.22 bits per heavy atom. The van der Waals surface area contributed by atoms with E-state index in [0.29, 0.717) is 5.69 Å². The van der Waals surface area contributed by atoms with Crippen LogP contribution in [0.25, 0.3) is 5.69 Å². The number of nitro groups is 1. The number of aliphatic hydroxyl groups excluding tert-OH is 1. The maximum absolute atomic E-state index is 13.4. The van der Waals surface area contributed by atoms with Gasteiger partial charge in [0, 0.05) is 6.07 Å². The van der Waals surface area contributed by atoms with Crippen LogP contribution in [-0.4, -0.2) is 44.2 Å². The van der Waals surface area contributed by atoms with Gasteiger partial charge in [-0.15, -0.1) is 5.10 Å². The number of halogens is 2. The van der Waals surface area contributed by atoms with E-state index in [1.54, 1.807) is 6.92 Å². The molecule has 1 N–H and O–H groups in total. The van der Waals surface area contributed by atoms with Gasteiger partial charge in [0.2, 0.25) is 0 Å². The van der Waals surface area contributed by atoms with Gasteiger partial charge in [-0.1, -0.05) is 0 Å². The summed E-state index contributed by atoms with van der Waals surface area (Å²) in [5.74, 6) is -1.04. The van der Waals surface area contributed by atoms with Crippen LogP contribution in [0.5, 0.6) is 5.88 Å². The first-order chi connectivity index (χ1) is 10.8. The topological polar surface area (TPSA) is 103 Å². The van der Waals surface area contributed by atoms with Gasteiger partial charge in [-0.3, -0.25) is 15.1 Å². The molecule has 0 saturated carbocycles. The highest BCUT2D eigenvalue weighted by atomic mass is 19.1. The molecular weight excluding hydrogens is 314 g/mol. The van der Waals surface area contributed by atoms with E-state index in [9.17, 15) is 18.9 Å². The molecule has 0 bridgehead atoms. The molecule has 0 aliphatic carbocycles. The Hall–Kier alpha value is -2.62. The van der Waals surface area contributed by atoms with Gasteiger partial charge in [-0.2, -0.15) is 0 Å². The fourth-order valence-electron chi connectivity index (χ4n) is 1.94. The molecule has 10 heteroatoms. The molecule has 2 rings (SSSR count). The van der Waals surface area contributed by atoms with Crippen molar-refractivity contribution in [2.75, 3.05) is 13.2 Å². The van der Waals surface area contributed by atoms with Crippen molar-refractivity contribution in [1.82, 2.24) is 14.8 Å². The van der Waals surface area contributed by atoms with Crippen LogP contribution in [0.15, 0.2) is 12.3 Å². The Morgan fingerprint density at radius 3 is 2.83 bits per heavy atom. The van der Waals surface area contributed by atoms with Crippen molar-refractivity contribution in [3.63, 3.8) is 0 Å². The number of alkyl halides is 1. The standard InChI is InChI=1S/C13H14F2N4O4/c1-7-11(3-9(14)4-16-7)18-8(2)12(19(21)22)13(17-18)23-6-10(15)5-20/h3-4,10,20H,5-6H2,1-2H3/t10-/m0/s1. The van der Waals surface area contributed by atoms with E-state index in [-0.39, 0.29) is 11.4 Å². The molecule has 0 saturated heterocycles. The first kappa shape index (κ1) is 16.7. The molecule has 0 unspecified atom stereocenters. The Labute approximate surface area is 129 Å². The lowest BCUT2D eigenvalue weighted by Crippen LogP contribution is -2.17. The molecule has 2 aromatic heterocycles. The molecule has 2 aromatic rings. The maximum atomic E-state index is 13.4. The number of nitrogens with zero attached hydrogens (tertiary/aromatic N) is 4. The maximum Gasteiger partial charge on any atom is 0.353 e. The summed E-state index contributed by atoms with van der Waals surface area (Å²) < 4.78 is 32.5. The third kappa shape index (κ3) is 3.42. The van der Waals surface area contributed by atoms with Gasteiger partial charge < -0.3 is 9.84 Å². The minimum Gasteiger partial charge on any atom is -0.469 e. The molecule has 1 atom stereocenters. The van der Waals surface area contributed by atoms with Crippen LogP contribution in [0.4, 0.5) is 14.5 Å². The van der Waals surface area contributed by atoms with Crippen molar-refractivity contribution >= 4 is 5.69 Å². The lowest BCUT2D eigenvalue weighted by Gasteiger charge is -2.06. The fraction of sp³-hybridized carbons (Fsp3) is 0.385. The molecule has 0 fully saturated rings. The monoisotopic (exact) mass is 328 g/mol. The number of ether oxygens (including phenoxy) is 1. The summed E-state index contributed by atoms with van der Waals surface area (Å²) in [6.07, 6.45) is -0.684. The Kier molecular flexibility index (Phi) is 4.84. The third-order valence-electron chi connectivity index (χ3n) is 3.09. The molecular formula is C13H14F2N4O4. The van der Waals surface area contributed by atoms with E-state index in [1.807, 2.05) is 0 Å². The average Bonchev–Trinajstić information content (AvgIpc) is 2.83. The largest absolute Gasteiger partial charge is 0.469 e. The SMILES string of the molecule is Cc1ncc(F)cc1-n1nc(OC[C@@H](F)CO)c([N+](=O)[O-])c1C. The van der Waals surface area contributed by atoms with Crippen LogP contribution in [0, 0.1) is 29.8 Å². The number of hydrogen-bond donors (Lipinski definition) is 1. The molecule has 2 heterocycles. The van der Waals surface area contributed by atoms with Gasteiger partial charge in [0.1, 0.15) is 18.1 Å². The van der Waals surface area contributed by atoms with E-state index < -0.39 is 41.7 Å². The molecule has 0 aliphatic rings. The smallest absolute Gasteiger partial charge is 0.353 e. The highest BCUT2D eigenvalue weighted by Gasteiger charge is 2.28. The number of pyridine rings is 1. The predicted octanol–water partition coefficient (Wildman–Crippen LogP) is 1.64. The van der Waals surface area contributed by atoms with Crippen LogP contribution in [0.1, 0.15) is 11.4 Å². The van der Waals surface area contributed by atoms with Gasteiger partial charge in [-0.25, -0.2) is 13.5 Å². The van der Waals surface area contributed by atoms with Gasteiger partial charge in [0.25, 0.3) is 0 Å². The molecule has 0 radical (unpaired) electrons. The van der Waals surface area contributed by atoms with E-state index in [4.69, 9.17) is 9.84 Å². The fourth-order valence-corrected chi connectivity index (χ4v) is 1.94. The summed E-state index contributed by atoms with van der Waals surface area (Å²) in [7, 11) is 0. The second-order valence-electron chi connectivity index (χ2n) is 4.76. The first-order valence-corrected chi connectivity index (χ1v) is 6.59. The van der Waals surface area contributed by atoms with Crippen LogP contribution < -0.4 is 4.74 Å². The van der Waals surface area contributed by atoms with Crippen molar-refractivity contribution in [3.8, 4) is 11.6 Å². The van der Waals surface area contributed by atoms with E-state index in [1.165, 1.54) is 6.92 Å². The number of hydrogen-bond acceptors (Lipinski definition) is 6. The Balaban J connectivity index is 2.49. The zero-order valence-electron chi connectivity index (χ0n) is 12.4. The van der Waals surface area contributed by atoms with Crippen molar-refractivity contribution < 1.29 is 23.5 Å². The predicted molar refractivity (Wildman–Crippen MR) is 74.9 cm³/mol. The summed E-state index contributed by atoms with van der Waals surface area (Å²) in [6.45, 7) is 1.63. The number of rotatable bonds is 6. The lowest BCUT2D eigenvalue weighted by molar-refractivity contribution is -0.386. The molecule has 0 aliphatic heterocycles. The van der Waals surface area contributed by atoms with Crippen LogP contribution in [-0.2, 0) is 0 Å².